The molecule has 0 aliphatic heterocycles. The van der Waals surface area contributed by atoms with Crippen LogP contribution in [0.25, 0.3) is 0 Å². The van der Waals surface area contributed by atoms with E-state index in [4.69, 9.17) is 9.94 Å². The normalized spacial score (nSPS) is 12.2. The first-order valence-electron chi connectivity index (χ1n) is 3.13. The molecule has 0 amide bonds. The average molecular weight is 146 g/mol. The third-order valence-corrected chi connectivity index (χ3v) is 0.990. The second-order valence-electron chi connectivity index (χ2n) is 2.27. The van der Waals surface area contributed by atoms with E-state index in [2.05, 4.69) is 5.16 Å². The van der Waals surface area contributed by atoms with Crippen LogP contribution in [0.3, 0.4) is 0 Å². The van der Waals surface area contributed by atoms with E-state index in [0.717, 1.165) is 6.54 Å². The molecule has 0 aliphatic carbocycles. The van der Waals surface area contributed by atoms with Crippen LogP contribution in [0.1, 0.15) is 6.92 Å². The van der Waals surface area contributed by atoms with Crippen LogP contribution < -0.4 is 0 Å². The monoisotopic (exact) mass is 146 g/mol. The summed E-state index contributed by atoms with van der Waals surface area (Å²) in [6.07, 6.45) is 0. The van der Waals surface area contributed by atoms with Crippen LogP contribution in [0, 0.1) is 0 Å². The second kappa shape index (κ2) is 5.05. The zero-order chi connectivity index (χ0) is 7.98. The zero-order valence-corrected chi connectivity index (χ0v) is 6.66. The molecule has 4 nitrogen and oxygen atoms in total. The van der Waals surface area contributed by atoms with E-state index in [1.165, 1.54) is 0 Å². The van der Waals surface area contributed by atoms with Crippen LogP contribution >= 0.6 is 0 Å². The Morgan fingerprint density at radius 1 is 1.60 bits per heavy atom. The van der Waals surface area contributed by atoms with Gasteiger partial charge in [0.2, 0.25) is 5.90 Å². The van der Waals surface area contributed by atoms with Gasteiger partial charge in [-0.25, -0.2) is 0 Å². The lowest BCUT2D eigenvalue weighted by molar-refractivity contribution is 0.226. The number of hydrogen-bond donors (Lipinski definition) is 1. The molecule has 4 heteroatoms. The van der Waals surface area contributed by atoms with Crippen molar-refractivity contribution in [1.82, 2.24) is 4.90 Å². The smallest absolute Gasteiger partial charge is 0.222 e. The topological polar surface area (TPSA) is 45.1 Å². The fraction of sp³-hybridized carbons (Fsp3) is 0.833. The molecule has 0 spiro atoms. The molecule has 0 atom stereocenters. The first-order chi connectivity index (χ1) is 4.66. The summed E-state index contributed by atoms with van der Waals surface area (Å²) >= 11 is 0. The summed E-state index contributed by atoms with van der Waals surface area (Å²) in [5, 5.41) is 11.0. The number of rotatable bonds is 3. The SMILES string of the molecule is CC(=NO)OCCN(C)C. The first-order valence-corrected chi connectivity index (χ1v) is 3.13. The Labute approximate surface area is 61.1 Å². The fourth-order valence-corrected chi connectivity index (χ4v) is 0.405. The van der Waals surface area contributed by atoms with E-state index in [1.54, 1.807) is 6.92 Å². The summed E-state index contributed by atoms with van der Waals surface area (Å²) in [6.45, 7) is 2.99. The summed E-state index contributed by atoms with van der Waals surface area (Å²) < 4.78 is 4.96. The molecule has 60 valence electrons. The standard InChI is InChI=1S/C6H14N2O2/c1-6(7-9)10-5-4-8(2)3/h9H,4-5H2,1-3H3. The maximum Gasteiger partial charge on any atom is 0.222 e. The van der Waals surface area contributed by atoms with Crippen molar-refractivity contribution in [3.8, 4) is 0 Å². The van der Waals surface area contributed by atoms with E-state index in [-0.39, 0.29) is 0 Å². The minimum absolute atomic E-state index is 0.307. The van der Waals surface area contributed by atoms with Crippen LogP contribution in [0.2, 0.25) is 0 Å². The van der Waals surface area contributed by atoms with Crippen LogP contribution in [0.4, 0.5) is 0 Å². The van der Waals surface area contributed by atoms with Gasteiger partial charge in [-0.2, -0.15) is 0 Å². The molecule has 0 aromatic heterocycles. The minimum Gasteiger partial charge on any atom is -0.477 e. The lowest BCUT2D eigenvalue weighted by Gasteiger charge is -2.09. The minimum atomic E-state index is 0.307. The van der Waals surface area contributed by atoms with E-state index in [9.17, 15) is 0 Å². The number of oxime groups is 1. The lowest BCUT2D eigenvalue weighted by atomic mass is 10.6. The van der Waals surface area contributed by atoms with E-state index >= 15 is 0 Å². The number of likely N-dealkylation sites (N-methyl/N-ethyl adjacent to an activating group) is 1. The van der Waals surface area contributed by atoms with Crippen LogP contribution in [0.15, 0.2) is 5.16 Å². The van der Waals surface area contributed by atoms with Gasteiger partial charge >= 0.3 is 0 Å². The van der Waals surface area contributed by atoms with Crippen molar-refractivity contribution in [2.45, 2.75) is 6.92 Å². The lowest BCUT2D eigenvalue weighted by Crippen LogP contribution is -2.19. The Morgan fingerprint density at radius 3 is 2.60 bits per heavy atom. The summed E-state index contributed by atoms with van der Waals surface area (Å²) in [6, 6.07) is 0. The highest BCUT2D eigenvalue weighted by Crippen LogP contribution is 1.81. The summed E-state index contributed by atoms with van der Waals surface area (Å²) in [4.78, 5) is 1.99. The average Bonchev–Trinajstić information content (AvgIpc) is 1.87. The Morgan fingerprint density at radius 2 is 2.20 bits per heavy atom. The van der Waals surface area contributed by atoms with Crippen molar-refractivity contribution in [3.63, 3.8) is 0 Å². The number of nitrogens with zero attached hydrogens (tertiary/aromatic N) is 2. The van der Waals surface area contributed by atoms with Crippen molar-refractivity contribution in [2.24, 2.45) is 5.16 Å². The van der Waals surface area contributed by atoms with Gasteiger partial charge in [0.05, 0.1) is 0 Å². The molecule has 1 N–H and O–H groups in total. The molecule has 0 aromatic carbocycles. The van der Waals surface area contributed by atoms with Crippen molar-refractivity contribution >= 4 is 5.90 Å². The van der Waals surface area contributed by atoms with E-state index < -0.39 is 0 Å². The molecule has 10 heavy (non-hydrogen) atoms. The number of ether oxygens (including phenoxy) is 1. The molecule has 0 fully saturated rings. The Kier molecular flexibility index (Phi) is 4.66. The van der Waals surface area contributed by atoms with Gasteiger partial charge in [0, 0.05) is 13.5 Å². The van der Waals surface area contributed by atoms with Crippen molar-refractivity contribution in [2.75, 3.05) is 27.2 Å². The van der Waals surface area contributed by atoms with Crippen molar-refractivity contribution in [1.29, 1.82) is 0 Å². The van der Waals surface area contributed by atoms with Crippen LogP contribution in [-0.2, 0) is 4.74 Å². The Bertz CT molecular complexity index is 112. The van der Waals surface area contributed by atoms with Crippen LogP contribution in [0.5, 0.6) is 0 Å². The zero-order valence-electron chi connectivity index (χ0n) is 6.66. The second-order valence-corrected chi connectivity index (χ2v) is 2.27. The summed E-state index contributed by atoms with van der Waals surface area (Å²) in [5.74, 6) is 0.307. The van der Waals surface area contributed by atoms with Gasteiger partial charge in [-0.15, -0.1) is 0 Å². The van der Waals surface area contributed by atoms with Gasteiger partial charge in [0.15, 0.2) is 0 Å². The van der Waals surface area contributed by atoms with Gasteiger partial charge in [-0.3, -0.25) is 0 Å². The third kappa shape index (κ3) is 5.37. The Hall–Kier alpha value is -0.770. The molecule has 0 aromatic rings. The van der Waals surface area contributed by atoms with Gasteiger partial charge in [-0.1, -0.05) is 5.16 Å². The maximum absolute atomic E-state index is 8.15. The highest BCUT2D eigenvalue weighted by atomic mass is 16.5. The molecule has 0 heterocycles. The first kappa shape index (κ1) is 9.23. The molecule has 0 saturated heterocycles. The molecule has 0 radical (unpaired) electrons. The fourth-order valence-electron chi connectivity index (χ4n) is 0.405. The molecule has 0 saturated carbocycles. The van der Waals surface area contributed by atoms with Gasteiger partial charge in [0.25, 0.3) is 0 Å². The molecule has 0 bridgehead atoms. The molecular formula is C6H14N2O2. The number of hydrogen-bond acceptors (Lipinski definition) is 4. The summed E-state index contributed by atoms with van der Waals surface area (Å²) in [5.41, 5.74) is 0. The predicted molar refractivity (Wildman–Crippen MR) is 39.4 cm³/mol. The van der Waals surface area contributed by atoms with Crippen molar-refractivity contribution < 1.29 is 9.94 Å². The largest absolute Gasteiger partial charge is 0.477 e. The highest BCUT2D eigenvalue weighted by molar-refractivity contribution is 5.72. The summed E-state index contributed by atoms with van der Waals surface area (Å²) in [7, 11) is 3.91. The molecule has 0 aliphatic rings. The van der Waals surface area contributed by atoms with E-state index in [1.807, 2.05) is 19.0 Å². The molecule has 0 unspecified atom stereocenters. The quantitative estimate of drug-likeness (QED) is 0.271. The highest BCUT2D eigenvalue weighted by Gasteiger charge is 1.92. The van der Waals surface area contributed by atoms with Crippen molar-refractivity contribution in [3.05, 3.63) is 0 Å². The van der Waals surface area contributed by atoms with Crippen LogP contribution in [-0.4, -0.2) is 43.3 Å². The van der Waals surface area contributed by atoms with E-state index in [0.29, 0.717) is 12.5 Å². The Balaban J connectivity index is 3.20. The predicted octanol–water partition coefficient (Wildman–Crippen LogP) is 0.372. The molecule has 0 rings (SSSR count). The molecular weight excluding hydrogens is 132 g/mol. The van der Waals surface area contributed by atoms with Gasteiger partial charge in [0.1, 0.15) is 6.61 Å². The maximum atomic E-state index is 8.15. The third-order valence-electron chi connectivity index (χ3n) is 0.990. The van der Waals surface area contributed by atoms with Gasteiger partial charge in [-0.05, 0) is 14.1 Å². The van der Waals surface area contributed by atoms with Gasteiger partial charge < -0.3 is 14.8 Å².